The molecule has 0 radical (unpaired) electrons. The monoisotopic (exact) mass is 186 g/mol. The number of nitrogens with zero attached hydrogens (tertiary/aromatic N) is 2. The highest BCUT2D eigenvalue weighted by atomic mass is 35.5. The van der Waals surface area contributed by atoms with Crippen molar-refractivity contribution in [3.8, 4) is 0 Å². The van der Waals surface area contributed by atoms with E-state index in [1.807, 2.05) is 6.92 Å². The second-order valence-corrected chi connectivity index (χ2v) is 3.14. The molecule has 0 heterocycles. The first-order valence-corrected chi connectivity index (χ1v) is 4.37. The Hall–Kier alpha value is -0.630. The summed E-state index contributed by atoms with van der Waals surface area (Å²) >= 11 is 5.41. The van der Waals surface area contributed by atoms with Gasteiger partial charge >= 0.3 is 0 Å². The summed E-state index contributed by atoms with van der Waals surface area (Å²) in [7, 11) is 0. The predicted molar refractivity (Wildman–Crippen MR) is 56.0 cm³/mol. The van der Waals surface area contributed by atoms with Crippen LogP contribution in [0.15, 0.2) is 21.7 Å². The van der Waals surface area contributed by atoms with Crippen LogP contribution in [0, 0.1) is 5.92 Å². The molecule has 0 fully saturated rings. The standard InChI is InChI=1S/C9H15ClN2/c1-5-7(2)8(3)11-6-12-9(4)10/h6-7H,4-5H2,1-3H3/b11-8?,12-6-. The van der Waals surface area contributed by atoms with E-state index in [1.165, 1.54) is 6.34 Å². The third-order valence-electron chi connectivity index (χ3n) is 1.78. The van der Waals surface area contributed by atoms with E-state index in [0.717, 1.165) is 12.1 Å². The zero-order chi connectivity index (χ0) is 9.56. The van der Waals surface area contributed by atoms with E-state index in [4.69, 9.17) is 11.6 Å². The quantitative estimate of drug-likeness (QED) is 0.366. The summed E-state index contributed by atoms with van der Waals surface area (Å²) in [5, 5.41) is 0.260. The first-order valence-electron chi connectivity index (χ1n) is 3.99. The third-order valence-corrected chi connectivity index (χ3v) is 1.88. The van der Waals surface area contributed by atoms with E-state index in [1.54, 1.807) is 0 Å². The molecule has 0 aromatic heterocycles. The molecule has 0 aliphatic rings. The molecule has 68 valence electrons. The van der Waals surface area contributed by atoms with Crippen molar-refractivity contribution < 1.29 is 0 Å². The van der Waals surface area contributed by atoms with Gasteiger partial charge in [-0.05, 0) is 19.3 Å². The maximum atomic E-state index is 5.41. The molecule has 0 spiro atoms. The van der Waals surface area contributed by atoms with Gasteiger partial charge in [0, 0.05) is 5.71 Å². The van der Waals surface area contributed by atoms with Crippen molar-refractivity contribution in [2.45, 2.75) is 27.2 Å². The zero-order valence-corrected chi connectivity index (χ0v) is 8.60. The molecular formula is C9H15ClN2. The summed E-state index contributed by atoms with van der Waals surface area (Å²) < 4.78 is 0. The van der Waals surface area contributed by atoms with Crippen LogP contribution in [0.4, 0.5) is 0 Å². The van der Waals surface area contributed by atoms with Crippen molar-refractivity contribution in [1.29, 1.82) is 0 Å². The minimum Gasteiger partial charge on any atom is -0.246 e. The van der Waals surface area contributed by atoms with Gasteiger partial charge in [-0.15, -0.1) is 0 Å². The smallest absolute Gasteiger partial charge is 0.123 e. The number of aliphatic imine (C=N–C) groups is 2. The molecule has 0 rings (SSSR count). The lowest BCUT2D eigenvalue weighted by atomic mass is 10.0. The minimum absolute atomic E-state index is 0.260. The fourth-order valence-electron chi connectivity index (χ4n) is 0.605. The lowest BCUT2D eigenvalue weighted by molar-refractivity contribution is 0.737. The highest BCUT2D eigenvalue weighted by Crippen LogP contribution is 2.03. The molecule has 0 aliphatic heterocycles. The Morgan fingerprint density at radius 2 is 2.25 bits per heavy atom. The minimum atomic E-state index is 0.260. The Morgan fingerprint density at radius 1 is 1.67 bits per heavy atom. The van der Waals surface area contributed by atoms with Gasteiger partial charge in [0.2, 0.25) is 0 Å². The average molecular weight is 187 g/mol. The Balaban J connectivity index is 4.08. The SMILES string of the molecule is C=C(Cl)/N=C\N=C(C)C(C)CC. The maximum absolute atomic E-state index is 5.41. The zero-order valence-electron chi connectivity index (χ0n) is 7.84. The average Bonchev–Trinajstić information content (AvgIpc) is 2.02. The van der Waals surface area contributed by atoms with Crippen molar-refractivity contribution in [3.63, 3.8) is 0 Å². The molecule has 12 heavy (non-hydrogen) atoms. The summed E-state index contributed by atoms with van der Waals surface area (Å²) in [6.07, 6.45) is 2.53. The lowest BCUT2D eigenvalue weighted by Gasteiger charge is -2.04. The number of halogens is 1. The van der Waals surface area contributed by atoms with Crippen molar-refractivity contribution in [1.82, 2.24) is 0 Å². The maximum Gasteiger partial charge on any atom is 0.123 e. The molecule has 0 N–H and O–H groups in total. The van der Waals surface area contributed by atoms with Gasteiger partial charge in [0.05, 0.1) is 0 Å². The third kappa shape index (κ3) is 5.08. The van der Waals surface area contributed by atoms with Gasteiger partial charge in [-0.2, -0.15) is 0 Å². The van der Waals surface area contributed by atoms with Crippen LogP contribution in [0.3, 0.4) is 0 Å². The Kier molecular flexibility index (Phi) is 5.64. The van der Waals surface area contributed by atoms with Crippen LogP contribution in [0.1, 0.15) is 27.2 Å². The number of hydrogen-bond acceptors (Lipinski definition) is 1. The number of rotatable bonds is 4. The van der Waals surface area contributed by atoms with E-state index in [0.29, 0.717) is 5.92 Å². The molecule has 1 atom stereocenters. The van der Waals surface area contributed by atoms with Crippen LogP contribution in [0.5, 0.6) is 0 Å². The van der Waals surface area contributed by atoms with Crippen molar-refractivity contribution in [2.24, 2.45) is 15.9 Å². The topological polar surface area (TPSA) is 24.7 Å². The first-order chi connectivity index (χ1) is 5.57. The molecule has 0 aliphatic carbocycles. The molecule has 0 aromatic rings. The van der Waals surface area contributed by atoms with Crippen LogP contribution in [0.25, 0.3) is 0 Å². The Bertz CT molecular complexity index is 207. The molecule has 3 heteroatoms. The molecule has 1 unspecified atom stereocenters. The molecule has 0 amide bonds. The van der Waals surface area contributed by atoms with Gasteiger partial charge in [0.25, 0.3) is 0 Å². The molecule has 2 nitrogen and oxygen atoms in total. The van der Waals surface area contributed by atoms with E-state index in [-0.39, 0.29) is 5.16 Å². The van der Waals surface area contributed by atoms with Crippen LogP contribution in [0.2, 0.25) is 0 Å². The first kappa shape index (κ1) is 11.4. The largest absolute Gasteiger partial charge is 0.246 e. The second kappa shape index (κ2) is 5.95. The van der Waals surface area contributed by atoms with Gasteiger partial charge in [-0.25, -0.2) is 9.98 Å². The van der Waals surface area contributed by atoms with Crippen LogP contribution >= 0.6 is 11.6 Å². The fourth-order valence-corrected chi connectivity index (χ4v) is 0.649. The molecule has 0 bridgehead atoms. The van der Waals surface area contributed by atoms with Gasteiger partial charge in [-0.3, -0.25) is 0 Å². The van der Waals surface area contributed by atoms with Crippen LogP contribution in [-0.4, -0.2) is 12.1 Å². The van der Waals surface area contributed by atoms with E-state index >= 15 is 0 Å². The highest BCUT2D eigenvalue weighted by molar-refractivity contribution is 6.29. The molecule has 0 saturated heterocycles. The summed E-state index contributed by atoms with van der Waals surface area (Å²) in [6, 6.07) is 0. The van der Waals surface area contributed by atoms with Crippen LogP contribution < -0.4 is 0 Å². The van der Waals surface area contributed by atoms with Crippen molar-refractivity contribution >= 4 is 23.7 Å². The summed E-state index contributed by atoms with van der Waals surface area (Å²) in [5.74, 6) is 0.500. The van der Waals surface area contributed by atoms with Gasteiger partial charge in [-0.1, -0.05) is 32.0 Å². The van der Waals surface area contributed by atoms with Gasteiger partial charge < -0.3 is 0 Å². The van der Waals surface area contributed by atoms with Crippen LogP contribution in [-0.2, 0) is 0 Å². The molecular weight excluding hydrogens is 172 g/mol. The van der Waals surface area contributed by atoms with Gasteiger partial charge in [0.1, 0.15) is 11.5 Å². The number of hydrogen-bond donors (Lipinski definition) is 0. The Labute approximate surface area is 79.1 Å². The lowest BCUT2D eigenvalue weighted by Crippen LogP contribution is -2.05. The molecule has 0 saturated carbocycles. The summed E-state index contributed by atoms with van der Waals surface area (Å²) in [5.41, 5.74) is 1.07. The molecule has 0 aromatic carbocycles. The fraction of sp³-hybridized carbons (Fsp3) is 0.556. The van der Waals surface area contributed by atoms with Crippen molar-refractivity contribution in [2.75, 3.05) is 0 Å². The van der Waals surface area contributed by atoms with Crippen molar-refractivity contribution in [3.05, 3.63) is 11.7 Å². The predicted octanol–water partition coefficient (Wildman–Crippen LogP) is 3.23. The van der Waals surface area contributed by atoms with E-state index in [2.05, 4.69) is 30.4 Å². The van der Waals surface area contributed by atoms with Gasteiger partial charge in [0.15, 0.2) is 0 Å². The second-order valence-electron chi connectivity index (χ2n) is 2.70. The highest BCUT2D eigenvalue weighted by Gasteiger charge is 2.00. The van der Waals surface area contributed by atoms with E-state index in [9.17, 15) is 0 Å². The summed E-state index contributed by atoms with van der Waals surface area (Å²) in [4.78, 5) is 7.85. The Morgan fingerprint density at radius 3 is 2.67 bits per heavy atom. The van der Waals surface area contributed by atoms with E-state index < -0.39 is 0 Å². The summed E-state index contributed by atoms with van der Waals surface area (Å²) in [6.45, 7) is 9.65. The normalized spacial score (nSPS) is 15.2.